The van der Waals surface area contributed by atoms with Crippen molar-refractivity contribution in [1.82, 2.24) is 10.6 Å². The highest BCUT2D eigenvalue weighted by atomic mass is 79.9. The van der Waals surface area contributed by atoms with E-state index < -0.39 is 0 Å². The first-order chi connectivity index (χ1) is 7.77. The third-order valence-electron chi connectivity index (χ3n) is 2.33. The van der Waals surface area contributed by atoms with Crippen LogP contribution in [0, 0.1) is 0 Å². The molecule has 1 saturated heterocycles. The monoisotopic (exact) mass is 304 g/mol. The molecule has 1 aliphatic heterocycles. The van der Waals surface area contributed by atoms with Gasteiger partial charge in [-0.15, -0.1) is 11.3 Å². The molecule has 4 nitrogen and oxygen atoms in total. The molecule has 0 spiro atoms. The van der Waals surface area contributed by atoms with Gasteiger partial charge in [-0.05, 0) is 27.4 Å². The van der Waals surface area contributed by atoms with Crippen molar-refractivity contribution in [1.29, 1.82) is 0 Å². The summed E-state index contributed by atoms with van der Waals surface area (Å²) in [6.45, 7) is 2.86. The van der Waals surface area contributed by atoms with E-state index in [-0.39, 0.29) is 11.9 Å². The third kappa shape index (κ3) is 3.04. The molecule has 1 aromatic heterocycles. The first-order valence-corrected chi connectivity index (χ1v) is 6.77. The van der Waals surface area contributed by atoms with Gasteiger partial charge >= 0.3 is 0 Å². The Kier molecular flexibility index (Phi) is 4.34. The van der Waals surface area contributed by atoms with E-state index in [9.17, 15) is 4.79 Å². The number of rotatable bonds is 3. The molecule has 1 fully saturated rings. The predicted molar refractivity (Wildman–Crippen MR) is 67.0 cm³/mol. The number of hydrogen-bond acceptors (Lipinski definition) is 4. The predicted octanol–water partition coefficient (Wildman–Crippen LogP) is 1.23. The summed E-state index contributed by atoms with van der Waals surface area (Å²) in [4.78, 5) is 12.5. The van der Waals surface area contributed by atoms with Crippen molar-refractivity contribution >= 4 is 33.2 Å². The molecule has 0 radical (unpaired) electrons. The third-order valence-corrected chi connectivity index (χ3v) is 4.17. The Labute approximate surface area is 106 Å². The van der Waals surface area contributed by atoms with Crippen molar-refractivity contribution in [3.8, 4) is 0 Å². The smallest absolute Gasteiger partial charge is 0.262 e. The van der Waals surface area contributed by atoms with Gasteiger partial charge in [-0.3, -0.25) is 4.79 Å². The molecule has 16 heavy (non-hydrogen) atoms. The number of hydrogen-bond donors (Lipinski definition) is 2. The van der Waals surface area contributed by atoms with Gasteiger partial charge in [-0.25, -0.2) is 0 Å². The first-order valence-electron chi connectivity index (χ1n) is 5.09. The molecule has 1 atom stereocenters. The van der Waals surface area contributed by atoms with Crippen LogP contribution in [-0.2, 0) is 4.74 Å². The number of thiophene rings is 1. The summed E-state index contributed by atoms with van der Waals surface area (Å²) in [6, 6.07) is 2.10. The van der Waals surface area contributed by atoms with Crippen molar-refractivity contribution in [2.24, 2.45) is 0 Å². The fourth-order valence-electron chi connectivity index (χ4n) is 1.50. The molecule has 1 aliphatic rings. The second-order valence-corrected chi connectivity index (χ2v) is 5.30. The summed E-state index contributed by atoms with van der Waals surface area (Å²) in [7, 11) is 0. The number of halogens is 1. The van der Waals surface area contributed by atoms with Gasteiger partial charge < -0.3 is 15.4 Å². The number of nitrogens with one attached hydrogen (secondary N) is 2. The van der Waals surface area contributed by atoms with Crippen LogP contribution >= 0.6 is 27.3 Å². The topological polar surface area (TPSA) is 50.4 Å². The Morgan fingerprint density at radius 2 is 2.62 bits per heavy atom. The average molecular weight is 305 g/mol. The summed E-state index contributed by atoms with van der Waals surface area (Å²) >= 11 is 4.78. The Morgan fingerprint density at radius 3 is 3.25 bits per heavy atom. The van der Waals surface area contributed by atoms with Crippen LogP contribution in [0.4, 0.5) is 0 Å². The molecule has 2 rings (SSSR count). The zero-order valence-corrected chi connectivity index (χ0v) is 11.1. The van der Waals surface area contributed by atoms with Crippen LogP contribution in [0.1, 0.15) is 9.67 Å². The van der Waals surface area contributed by atoms with Crippen LogP contribution in [0.3, 0.4) is 0 Å². The van der Waals surface area contributed by atoms with Crippen LogP contribution in [-0.4, -0.2) is 38.3 Å². The Hall–Kier alpha value is -0.430. The van der Waals surface area contributed by atoms with Crippen LogP contribution in [0.2, 0.25) is 0 Å². The van der Waals surface area contributed by atoms with Gasteiger partial charge in [-0.2, -0.15) is 0 Å². The Balaban J connectivity index is 1.81. The zero-order chi connectivity index (χ0) is 11.4. The standard InChI is InChI=1S/C10H13BrN2O2S/c11-8-1-4-16-9(8)10(14)13-5-7-6-15-3-2-12-7/h1,4,7,12H,2-3,5-6H2,(H,13,14). The minimum atomic E-state index is -0.0331. The number of carbonyl (C=O) groups excluding carboxylic acids is 1. The van der Waals surface area contributed by atoms with E-state index in [1.165, 1.54) is 11.3 Å². The maximum Gasteiger partial charge on any atom is 0.262 e. The highest BCUT2D eigenvalue weighted by molar-refractivity contribution is 9.10. The van der Waals surface area contributed by atoms with Crippen molar-refractivity contribution < 1.29 is 9.53 Å². The molecule has 1 aromatic rings. The van der Waals surface area contributed by atoms with E-state index in [2.05, 4.69) is 26.6 Å². The van der Waals surface area contributed by atoms with E-state index in [0.29, 0.717) is 13.2 Å². The summed E-state index contributed by atoms with van der Waals surface area (Å²) in [5.74, 6) is -0.0331. The maximum atomic E-state index is 11.8. The minimum absolute atomic E-state index is 0.0331. The molecule has 0 aromatic carbocycles. The van der Waals surface area contributed by atoms with Gasteiger partial charge in [0.05, 0.1) is 13.2 Å². The van der Waals surface area contributed by atoms with Gasteiger partial charge in [0.1, 0.15) is 4.88 Å². The minimum Gasteiger partial charge on any atom is -0.378 e. The van der Waals surface area contributed by atoms with Gasteiger partial charge in [0, 0.05) is 23.6 Å². The second kappa shape index (κ2) is 5.77. The fourth-order valence-corrected chi connectivity index (χ4v) is 2.97. The van der Waals surface area contributed by atoms with Crippen LogP contribution in [0.5, 0.6) is 0 Å². The van der Waals surface area contributed by atoms with Gasteiger partial charge in [0.25, 0.3) is 5.91 Å². The van der Waals surface area contributed by atoms with Gasteiger partial charge in [0.2, 0.25) is 0 Å². The lowest BCUT2D eigenvalue weighted by Crippen LogP contribution is -2.48. The lowest BCUT2D eigenvalue weighted by atomic mass is 10.2. The number of amides is 1. The summed E-state index contributed by atoms with van der Waals surface area (Å²) in [5, 5.41) is 8.07. The second-order valence-electron chi connectivity index (χ2n) is 3.53. The number of carbonyl (C=O) groups is 1. The molecule has 6 heteroatoms. The molecule has 0 saturated carbocycles. The van der Waals surface area contributed by atoms with Crippen LogP contribution in [0.25, 0.3) is 0 Å². The van der Waals surface area contributed by atoms with E-state index >= 15 is 0 Å². The lowest BCUT2D eigenvalue weighted by Gasteiger charge is -2.23. The van der Waals surface area contributed by atoms with Crippen molar-refractivity contribution in [2.45, 2.75) is 6.04 Å². The largest absolute Gasteiger partial charge is 0.378 e. The van der Waals surface area contributed by atoms with Crippen molar-refractivity contribution in [2.75, 3.05) is 26.3 Å². The Morgan fingerprint density at radius 1 is 1.75 bits per heavy atom. The number of ether oxygens (including phenoxy) is 1. The summed E-state index contributed by atoms with van der Waals surface area (Å²) in [6.07, 6.45) is 0. The molecule has 2 heterocycles. The molecular weight excluding hydrogens is 292 g/mol. The molecule has 1 unspecified atom stereocenters. The fraction of sp³-hybridized carbons (Fsp3) is 0.500. The lowest BCUT2D eigenvalue weighted by molar-refractivity contribution is 0.0735. The van der Waals surface area contributed by atoms with Crippen molar-refractivity contribution in [3.63, 3.8) is 0 Å². The van der Waals surface area contributed by atoms with Crippen molar-refractivity contribution in [3.05, 3.63) is 20.8 Å². The Bertz CT molecular complexity index is 363. The van der Waals surface area contributed by atoms with Crippen LogP contribution < -0.4 is 10.6 Å². The average Bonchev–Trinajstić information content (AvgIpc) is 2.74. The normalized spacial score (nSPS) is 20.7. The van der Waals surface area contributed by atoms with E-state index in [1.807, 2.05) is 11.4 Å². The molecule has 1 amide bonds. The van der Waals surface area contributed by atoms with E-state index in [4.69, 9.17) is 4.74 Å². The molecule has 0 aliphatic carbocycles. The van der Waals surface area contributed by atoms with Crippen LogP contribution in [0.15, 0.2) is 15.9 Å². The maximum absolute atomic E-state index is 11.8. The van der Waals surface area contributed by atoms with E-state index in [1.54, 1.807) is 0 Å². The summed E-state index contributed by atoms with van der Waals surface area (Å²) < 4.78 is 6.16. The number of morpholine rings is 1. The van der Waals surface area contributed by atoms with E-state index in [0.717, 1.165) is 22.5 Å². The molecular formula is C10H13BrN2O2S. The highest BCUT2D eigenvalue weighted by Crippen LogP contribution is 2.22. The first kappa shape index (κ1) is 12.0. The summed E-state index contributed by atoms with van der Waals surface area (Å²) in [5.41, 5.74) is 0. The molecule has 0 bridgehead atoms. The van der Waals surface area contributed by atoms with Gasteiger partial charge in [0.15, 0.2) is 0 Å². The molecule has 88 valence electrons. The zero-order valence-electron chi connectivity index (χ0n) is 8.66. The quantitative estimate of drug-likeness (QED) is 0.883. The highest BCUT2D eigenvalue weighted by Gasteiger charge is 2.16. The molecule has 2 N–H and O–H groups in total. The van der Waals surface area contributed by atoms with Gasteiger partial charge in [-0.1, -0.05) is 0 Å². The SMILES string of the molecule is O=C(NCC1COCCN1)c1sccc1Br.